The average molecular weight is 386 g/mol. The molecule has 3 aromatic rings. The van der Waals surface area contributed by atoms with E-state index in [0.717, 1.165) is 16.9 Å². The van der Waals surface area contributed by atoms with Crippen LogP contribution < -0.4 is 4.90 Å². The topological polar surface area (TPSA) is 82.4 Å². The number of aryl methyl sites for hydroxylation is 1. The molecule has 142 valence electrons. The monoisotopic (exact) mass is 386 g/mol. The van der Waals surface area contributed by atoms with Gasteiger partial charge in [-0.05, 0) is 38.1 Å². The van der Waals surface area contributed by atoms with E-state index in [0.29, 0.717) is 37.6 Å². The molecule has 0 atom stereocenters. The number of anilines is 1. The lowest BCUT2D eigenvalue weighted by molar-refractivity contribution is 0.364. The van der Waals surface area contributed by atoms with Crippen molar-refractivity contribution in [2.45, 2.75) is 18.9 Å². The number of furan rings is 1. The first-order valence-electron chi connectivity index (χ1n) is 8.89. The van der Waals surface area contributed by atoms with Gasteiger partial charge in [0.2, 0.25) is 5.09 Å². The van der Waals surface area contributed by atoms with Gasteiger partial charge in [0.05, 0.1) is 0 Å². The molecule has 0 radical (unpaired) electrons. The predicted octanol–water partition coefficient (Wildman–Crippen LogP) is 2.80. The molecule has 0 amide bonds. The second-order valence-corrected chi connectivity index (χ2v) is 8.54. The van der Waals surface area contributed by atoms with E-state index in [-0.39, 0.29) is 5.09 Å². The molecule has 1 aromatic carbocycles. The maximum absolute atomic E-state index is 13.0. The van der Waals surface area contributed by atoms with E-state index in [9.17, 15) is 8.42 Å². The molecule has 1 N–H and O–H groups in total. The lowest BCUT2D eigenvalue weighted by Gasteiger charge is -2.34. The van der Waals surface area contributed by atoms with Crippen molar-refractivity contribution >= 4 is 15.7 Å². The number of hydrogen-bond donors (Lipinski definition) is 1. The van der Waals surface area contributed by atoms with Gasteiger partial charge >= 0.3 is 0 Å². The number of sulfonamides is 1. The lowest BCUT2D eigenvalue weighted by atomic mass is 10.2. The molecule has 0 unspecified atom stereocenters. The summed E-state index contributed by atoms with van der Waals surface area (Å²) in [5, 5.41) is 7.06. The van der Waals surface area contributed by atoms with Crippen molar-refractivity contribution in [2.24, 2.45) is 0 Å². The van der Waals surface area contributed by atoms with Crippen molar-refractivity contribution in [1.82, 2.24) is 14.5 Å². The Kier molecular flexibility index (Phi) is 4.53. The van der Waals surface area contributed by atoms with Crippen LogP contribution in [0.4, 0.5) is 5.69 Å². The number of rotatable bonds is 4. The molecule has 0 spiro atoms. The molecule has 1 fully saturated rings. The highest BCUT2D eigenvalue weighted by molar-refractivity contribution is 7.89. The number of piperazine rings is 1. The number of nitrogens with one attached hydrogen (secondary N) is 1. The molecule has 0 aliphatic carbocycles. The Morgan fingerprint density at radius 2 is 1.70 bits per heavy atom. The molecule has 4 rings (SSSR count). The van der Waals surface area contributed by atoms with Crippen LogP contribution in [-0.2, 0) is 10.0 Å². The van der Waals surface area contributed by atoms with Crippen molar-refractivity contribution in [2.75, 3.05) is 31.1 Å². The molecule has 0 bridgehead atoms. The summed E-state index contributed by atoms with van der Waals surface area (Å²) >= 11 is 0. The van der Waals surface area contributed by atoms with Crippen LogP contribution in [0.25, 0.3) is 11.5 Å². The third-order valence-electron chi connectivity index (χ3n) is 5.02. The zero-order valence-electron chi connectivity index (χ0n) is 15.3. The Labute approximate surface area is 158 Å². The molecule has 0 saturated carbocycles. The normalized spacial score (nSPS) is 16.0. The van der Waals surface area contributed by atoms with E-state index in [1.54, 1.807) is 6.07 Å². The minimum atomic E-state index is -3.66. The highest BCUT2D eigenvalue weighted by atomic mass is 32.2. The smallest absolute Gasteiger partial charge is 0.276 e. The SMILES string of the molecule is Cc1[nH]nc(-c2ccc(S(=O)(=O)N3CCN(c4ccccc4)CC3)o2)c1C. The van der Waals surface area contributed by atoms with Crippen LogP contribution in [0, 0.1) is 13.8 Å². The van der Waals surface area contributed by atoms with E-state index >= 15 is 0 Å². The van der Waals surface area contributed by atoms with Crippen LogP contribution in [0.1, 0.15) is 11.3 Å². The van der Waals surface area contributed by atoms with Gasteiger partial charge in [0.1, 0.15) is 5.69 Å². The zero-order chi connectivity index (χ0) is 19.0. The maximum atomic E-state index is 13.0. The summed E-state index contributed by atoms with van der Waals surface area (Å²) in [6.45, 7) is 5.98. The van der Waals surface area contributed by atoms with Gasteiger partial charge < -0.3 is 9.32 Å². The molecule has 7 nitrogen and oxygen atoms in total. The van der Waals surface area contributed by atoms with Gasteiger partial charge in [0.15, 0.2) is 5.76 Å². The van der Waals surface area contributed by atoms with E-state index in [1.807, 2.05) is 44.2 Å². The van der Waals surface area contributed by atoms with Crippen molar-refractivity contribution in [1.29, 1.82) is 0 Å². The standard InChI is InChI=1S/C19H22N4O3S/c1-14-15(2)20-21-19(14)17-8-9-18(26-17)27(24,25)23-12-10-22(11-13-23)16-6-4-3-5-7-16/h3-9H,10-13H2,1-2H3,(H,20,21). The lowest BCUT2D eigenvalue weighted by Crippen LogP contribution is -2.48. The van der Waals surface area contributed by atoms with E-state index in [1.165, 1.54) is 10.4 Å². The Bertz CT molecular complexity index is 1030. The van der Waals surface area contributed by atoms with Gasteiger partial charge in [-0.3, -0.25) is 5.10 Å². The number of H-pyrrole nitrogens is 1. The summed E-state index contributed by atoms with van der Waals surface area (Å²) in [6.07, 6.45) is 0. The molecule has 2 aromatic heterocycles. The first kappa shape index (κ1) is 17.8. The van der Waals surface area contributed by atoms with Crippen molar-refractivity contribution in [3.8, 4) is 11.5 Å². The first-order valence-corrected chi connectivity index (χ1v) is 10.3. The Balaban J connectivity index is 1.51. The molecule has 27 heavy (non-hydrogen) atoms. The Morgan fingerprint density at radius 3 is 2.33 bits per heavy atom. The quantitative estimate of drug-likeness (QED) is 0.746. The average Bonchev–Trinajstić information content (AvgIpc) is 3.31. The fraction of sp³-hybridized carbons (Fsp3) is 0.316. The van der Waals surface area contributed by atoms with Crippen LogP contribution in [0.3, 0.4) is 0 Å². The summed E-state index contributed by atoms with van der Waals surface area (Å²) < 4.78 is 33.1. The molecule has 8 heteroatoms. The summed E-state index contributed by atoms with van der Waals surface area (Å²) in [4.78, 5) is 2.19. The number of nitrogens with zero attached hydrogens (tertiary/aromatic N) is 3. The third kappa shape index (κ3) is 3.26. The van der Waals surface area contributed by atoms with E-state index in [4.69, 9.17) is 4.42 Å². The zero-order valence-corrected chi connectivity index (χ0v) is 16.2. The minimum absolute atomic E-state index is 0.0364. The van der Waals surface area contributed by atoms with Gasteiger partial charge in [0, 0.05) is 43.1 Å². The predicted molar refractivity (Wildman–Crippen MR) is 103 cm³/mol. The second kappa shape index (κ2) is 6.86. The fourth-order valence-electron chi connectivity index (χ4n) is 3.26. The van der Waals surface area contributed by atoms with Crippen LogP contribution in [0.2, 0.25) is 0 Å². The van der Waals surface area contributed by atoms with Crippen LogP contribution in [-0.4, -0.2) is 49.1 Å². The number of aromatic nitrogens is 2. The van der Waals surface area contributed by atoms with Gasteiger partial charge in [-0.25, -0.2) is 8.42 Å². The van der Waals surface area contributed by atoms with Gasteiger partial charge in [-0.1, -0.05) is 18.2 Å². The fourth-order valence-corrected chi connectivity index (χ4v) is 4.60. The minimum Gasteiger partial charge on any atom is -0.442 e. The second-order valence-electron chi connectivity index (χ2n) is 6.67. The number of para-hydroxylation sites is 1. The van der Waals surface area contributed by atoms with Crippen LogP contribution in [0.15, 0.2) is 52.0 Å². The molecular formula is C19H22N4O3S. The molecule has 1 saturated heterocycles. The third-order valence-corrected chi connectivity index (χ3v) is 6.79. The molecule has 1 aliphatic rings. The van der Waals surface area contributed by atoms with Gasteiger partial charge in [-0.2, -0.15) is 9.40 Å². The summed E-state index contributed by atoms with van der Waals surface area (Å²) in [5.41, 5.74) is 3.63. The largest absolute Gasteiger partial charge is 0.442 e. The van der Waals surface area contributed by atoms with Crippen LogP contribution >= 0.6 is 0 Å². The highest BCUT2D eigenvalue weighted by Gasteiger charge is 2.31. The highest BCUT2D eigenvalue weighted by Crippen LogP contribution is 2.29. The summed E-state index contributed by atoms with van der Waals surface area (Å²) in [6, 6.07) is 13.2. The number of aromatic amines is 1. The Hall–Kier alpha value is -2.58. The van der Waals surface area contributed by atoms with Crippen molar-refractivity contribution < 1.29 is 12.8 Å². The van der Waals surface area contributed by atoms with Crippen molar-refractivity contribution in [3.05, 3.63) is 53.7 Å². The number of hydrogen-bond acceptors (Lipinski definition) is 5. The van der Waals surface area contributed by atoms with Gasteiger partial charge in [-0.15, -0.1) is 0 Å². The molecule has 1 aliphatic heterocycles. The van der Waals surface area contributed by atoms with Gasteiger partial charge in [0.25, 0.3) is 10.0 Å². The van der Waals surface area contributed by atoms with E-state index < -0.39 is 10.0 Å². The molecule has 3 heterocycles. The first-order chi connectivity index (χ1) is 13.0. The maximum Gasteiger partial charge on any atom is 0.276 e. The Morgan fingerprint density at radius 1 is 1.00 bits per heavy atom. The van der Waals surface area contributed by atoms with Crippen LogP contribution in [0.5, 0.6) is 0 Å². The number of benzene rings is 1. The summed E-state index contributed by atoms with van der Waals surface area (Å²) in [5.74, 6) is 0.457. The molecular weight excluding hydrogens is 364 g/mol. The van der Waals surface area contributed by atoms with Crippen molar-refractivity contribution in [3.63, 3.8) is 0 Å². The van der Waals surface area contributed by atoms with E-state index in [2.05, 4.69) is 15.1 Å². The summed E-state index contributed by atoms with van der Waals surface area (Å²) in [7, 11) is -3.66.